The Kier molecular flexibility index (Phi) is 6.86. The number of nitrogens with two attached hydrogens (primary N) is 1. The SMILES string of the molecule is CNC(=O)c1ccc(Oc2ccc(SC3(C(N)=O)CCC4(CCNCC4)C3)cc2)cc1OC. The molecule has 33 heavy (non-hydrogen) atoms. The van der Waals surface area contributed by atoms with Crippen LogP contribution in [0.1, 0.15) is 42.5 Å². The highest BCUT2D eigenvalue weighted by Gasteiger charge is 2.52. The van der Waals surface area contributed by atoms with Crippen molar-refractivity contribution in [2.75, 3.05) is 27.2 Å². The van der Waals surface area contributed by atoms with Crippen LogP contribution in [0.5, 0.6) is 17.2 Å². The molecule has 1 atom stereocenters. The second kappa shape index (κ2) is 9.65. The molecule has 1 spiro atoms. The highest BCUT2D eigenvalue weighted by atomic mass is 32.2. The van der Waals surface area contributed by atoms with Crippen LogP contribution in [0.3, 0.4) is 0 Å². The summed E-state index contributed by atoms with van der Waals surface area (Å²) in [5.74, 6) is 1.23. The number of rotatable bonds is 7. The summed E-state index contributed by atoms with van der Waals surface area (Å²) in [6, 6.07) is 12.8. The number of piperidine rings is 1. The lowest BCUT2D eigenvalue weighted by Crippen LogP contribution is -2.42. The van der Waals surface area contributed by atoms with Gasteiger partial charge in [0.15, 0.2) is 0 Å². The number of hydrogen-bond acceptors (Lipinski definition) is 6. The van der Waals surface area contributed by atoms with E-state index in [0.717, 1.165) is 50.1 Å². The van der Waals surface area contributed by atoms with Crippen LogP contribution in [0, 0.1) is 5.41 Å². The zero-order chi connectivity index (χ0) is 23.5. The average molecular weight is 470 g/mol. The second-order valence-electron chi connectivity index (χ2n) is 8.90. The Balaban J connectivity index is 1.46. The molecule has 2 aromatic carbocycles. The van der Waals surface area contributed by atoms with Gasteiger partial charge in [-0.2, -0.15) is 0 Å². The quantitative estimate of drug-likeness (QED) is 0.571. The summed E-state index contributed by atoms with van der Waals surface area (Å²) in [6.07, 6.45) is 4.94. The first kappa shape index (κ1) is 23.4. The van der Waals surface area contributed by atoms with E-state index in [1.165, 1.54) is 7.11 Å². The van der Waals surface area contributed by atoms with Crippen molar-refractivity contribution in [3.8, 4) is 17.2 Å². The van der Waals surface area contributed by atoms with Crippen molar-refractivity contribution in [1.29, 1.82) is 0 Å². The van der Waals surface area contributed by atoms with Crippen molar-refractivity contribution in [2.24, 2.45) is 11.1 Å². The van der Waals surface area contributed by atoms with E-state index in [9.17, 15) is 9.59 Å². The smallest absolute Gasteiger partial charge is 0.254 e. The van der Waals surface area contributed by atoms with Crippen LogP contribution in [0.4, 0.5) is 0 Å². The molecule has 2 amide bonds. The summed E-state index contributed by atoms with van der Waals surface area (Å²) < 4.78 is 10.7. The van der Waals surface area contributed by atoms with E-state index in [0.29, 0.717) is 22.8 Å². The lowest BCUT2D eigenvalue weighted by molar-refractivity contribution is -0.120. The minimum Gasteiger partial charge on any atom is -0.496 e. The lowest BCUT2D eigenvalue weighted by Gasteiger charge is -2.35. The first-order valence-corrected chi connectivity index (χ1v) is 12.1. The Morgan fingerprint density at radius 2 is 1.73 bits per heavy atom. The number of primary amides is 1. The standard InChI is InChI=1S/C25H31N3O4S/c1-27-22(29)20-8-5-18(15-21(20)31-2)32-17-3-6-19(7-4-17)33-25(23(26)30)10-9-24(16-25)11-13-28-14-12-24/h3-8,15,28H,9-14,16H2,1-2H3,(H2,26,30)(H,27,29). The summed E-state index contributed by atoms with van der Waals surface area (Å²) in [7, 11) is 3.09. The second-order valence-corrected chi connectivity index (χ2v) is 10.4. The maximum atomic E-state index is 12.5. The molecular weight excluding hydrogens is 438 g/mol. The van der Waals surface area contributed by atoms with E-state index in [2.05, 4.69) is 10.6 Å². The van der Waals surface area contributed by atoms with E-state index in [-0.39, 0.29) is 17.2 Å². The van der Waals surface area contributed by atoms with Gasteiger partial charge in [0.05, 0.1) is 17.4 Å². The molecule has 1 unspecified atom stereocenters. The Morgan fingerprint density at radius 1 is 1.03 bits per heavy atom. The van der Waals surface area contributed by atoms with Gasteiger partial charge < -0.3 is 25.8 Å². The van der Waals surface area contributed by atoms with E-state index in [1.807, 2.05) is 24.3 Å². The van der Waals surface area contributed by atoms with E-state index >= 15 is 0 Å². The predicted molar refractivity (Wildman–Crippen MR) is 129 cm³/mol. The summed E-state index contributed by atoms with van der Waals surface area (Å²) in [4.78, 5) is 25.5. The Bertz CT molecular complexity index is 1020. The van der Waals surface area contributed by atoms with E-state index < -0.39 is 4.75 Å². The highest BCUT2D eigenvalue weighted by Crippen LogP contribution is 2.56. The van der Waals surface area contributed by atoms with Gasteiger partial charge >= 0.3 is 0 Å². The molecule has 4 N–H and O–H groups in total. The first-order valence-electron chi connectivity index (χ1n) is 11.3. The molecule has 2 aliphatic rings. The summed E-state index contributed by atoms with van der Waals surface area (Å²) in [5, 5.41) is 6.02. The molecule has 0 radical (unpaired) electrons. The largest absolute Gasteiger partial charge is 0.496 e. The van der Waals surface area contributed by atoms with Crippen molar-refractivity contribution in [1.82, 2.24) is 10.6 Å². The molecule has 2 fully saturated rings. The normalized spacial score (nSPS) is 21.5. The van der Waals surface area contributed by atoms with E-state index in [4.69, 9.17) is 15.2 Å². The molecule has 2 aromatic rings. The van der Waals surface area contributed by atoms with Gasteiger partial charge in [0.1, 0.15) is 17.2 Å². The van der Waals surface area contributed by atoms with Gasteiger partial charge in [0.2, 0.25) is 5.91 Å². The number of amides is 2. The van der Waals surface area contributed by atoms with Crippen LogP contribution in [-0.4, -0.2) is 43.8 Å². The fourth-order valence-electron chi connectivity index (χ4n) is 4.98. The molecule has 7 nitrogen and oxygen atoms in total. The van der Waals surface area contributed by atoms with Crippen LogP contribution >= 0.6 is 11.8 Å². The lowest BCUT2D eigenvalue weighted by atomic mass is 9.77. The predicted octanol–water partition coefficient (Wildman–Crippen LogP) is 3.72. The summed E-state index contributed by atoms with van der Waals surface area (Å²) >= 11 is 1.59. The molecule has 1 saturated heterocycles. The van der Waals surface area contributed by atoms with Crippen molar-refractivity contribution < 1.29 is 19.1 Å². The van der Waals surface area contributed by atoms with Crippen LogP contribution in [0.25, 0.3) is 0 Å². The number of benzene rings is 2. The summed E-state index contributed by atoms with van der Waals surface area (Å²) in [6.45, 7) is 2.03. The molecule has 4 rings (SSSR count). The zero-order valence-corrected chi connectivity index (χ0v) is 19.9. The van der Waals surface area contributed by atoms with E-state index in [1.54, 1.807) is 37.0 Å². The highest BCUT2D eigenvalue weighted by molar-refractivity contribution is 8.01. The zero-order valence-electron chi connectivity index (χ0n) is 19.1. The van der Waals surface area contributed by atoms with Crippen LogP contribution < -0.4 is 25.8 Å². The number of ether oxygens (including phenoxy) is 2. The number of methoxy groups -OCH3 is 1. The van der Waals surface area contributed by atoms with Crippen LogP contribution in [0.15, 0.2) is 47.4 Å². The molecule has 176 valence electrons. The molecule has 8 heteroatoms. The molecule has 1 aliphatic carbocycles. The Labute approximate surface area is 198 Å². The third kappa shape index (κ3) is 4.96. The summed E-state index contributed by atoms with van der Waals surface area (Å²) in [5.41, 5.74) is 6.61. The van der Waals surface area contributed by atoms with Gasteiger partial charge in [-0.1, -0.05) is 0 Å². The third-order valence-corrected chi connectivity index (χ3v) is 8.30. The number of carbonyl (C=O) groups is 2. The van der Waals surface area contributed by atoms with Gasteiger partial charge in [0, 0.05) is 18.0 Å². The minimum atomic E-state index is -0.553. The van der Waals surface area contributed by atoms with Crippen molar-refractivity contribution in [3.05, 3.63) is 48.0 Å². The molecule has 1 aliphatic heterocycles. The number of hydrogen-bond donors (Lipinski definition) is 3. The number of carbonyl (C=O) groups excluding carboxylic acids is 2. The topological polar surface area (TPSA) is 103 Å². The van der Waals surface area contributed by atoms with Crippen molar-refractivity contribution in [2.45, 2.75) is 41.7 Å². The number of nitrogens with one attached hydrogen (secondary N) is 2. The Morgan fingerprint density at radius 3 is 2.36 bits per heavy atom. The maximum absolute atomic E-state index is 12.5. The van der Waals surface area contributed by atoms with Gasteiger partial charge in [-0.15, -0.1) is 11.8 Å². The van der Waals surface area contributed by atoms with Gasteiger partial charge in [-0.3, -0.25) is 9.59 Å². The van der Waals surface area contributed by atoms with Crippen molar-refractivity contribution in [3.63, 3.8) is 0 Å². The monoisotopic (exact) mass is 469 g/mol. The fraction of sp³-hybridized carbons (Fsp3) is 0.440. The van der Waals surface area contributed by atoms with Crippen LogP contribution in [0.2, 0.25) is 0 Å². The molecule has 0 bridgehead atoms. The minimum absolute atomic E-state index is 0.216. The van der Waals surface area contributed by atoms with Crippen molar-refractivity contribution >= 4 is 23.6 Å². The molecule has 1 heterocycles. The Hall–Kier alpha value is -2.71. The molecule has 0 aromatic heterocycles. The van der Waals surface area contributed by atoms with Gasteiger partial charge in [-0.25, -0.2) is 0 Å². The molecular formula is C25H31N3O4S. The maximum Gasteiger partial charge on any atom is 0.254 e. The average Bonchev–Trinajstić information content (AvgIpc) is 3.18. The van der Waals surface area contributed by atoms with Gasteiger partial charge in [-0.05, 0) is 87.0 Å². The third-order valence-electron chi connectivity index (χ3n) is 6.85. The fourth-order valence-corrected chi connectivity index (χ4v) is 6.38. The number of thioether (sulfide) groups is 1. The van der Waals surface area contributed by atoms with Gasteiger partial charge in [0.25, 0.3) is 5.91 Å². The molecule has 1 saturated carbocycles. The van der Waals surface area contributed by atoms with Crippen LogP contribution in [-0.2, 0) is 4.79 Å². The first-order chi connectivity index (χ1) is 15.9.